The number of anilines is 1. The minimum absolute atomic E-state index is 0.397. The molecule has 1 aromatic rings. The first kappa shape index (κ1) is 8.25. The first-order valence-corrected chi connectivity index (χ1v) is 3.30. The van der Waals surface area contributed by atoms with Crippen molar-refractivity contribution in [2.75, 3.05) is 12.8 Å². The van der Waals surface area contributed by atoms with Gasteiger partial charge in [0.15, 0.2) is 0 Å². The number of nitrogen functional groups attached to an aromatic ring is 1. The van der Waals surface area contributed by atoms with Gasteiger partial charge in [0.2, 0.25) is 5.96 Å². The lowest BCUT2D eigenvalue weighted by Crippen LogP contribution is -2.11. The van der Waals surface area contributed by atoms with Crippen molar-refractivity contribution in [1.82, 2.24) is 9.78 Å². The highest BCUT2D eigenvalue weighted by Gasteiger charge is 1.99. The van der Waals surface area contributed by atoms with Crippen molar-refractivity contribution in [3.8, 4) is 0 Å². The molecule has 1 rings (SSSR count). The standard InChI is InChI=1S/C6H10N6/c1-9-6(10-4-7)12-3-2-5(8)11-12/h2-4H,1H3,(H2,8,11)(H2,7,9,10). The molecule has 12 heavy (non-hydrogen) atoms. The second kappa shape index (κ2) is 3.51. The number of nitrogens with zero attached hydrogens (tertiary/aromatic N) is 4. The van der Waals surface area contributed by atoms with Gasteiger partial charge < -0.3 is 11.5 Å². The van der Waals surface area contributed by atoms with Crippen LogP contribution in [-0.4, -0.2) is 29.1 Å². The van der Waals surface area contributed by atoms with Crippen LogP contribution in [0.15, 0.2) is 22.2 Å². The number of hydrogen-bond acceptors (Lipinski definition) is 3. The molecule has 0 saturated carbocycles. The van der Waals surface area contributed by atoms with E-state index in [1.165, 1.54) is 4.68 Å². The van der Waals surface area contributed by atoms with Gasteiger partial charge in [0.25, 0.3) is 0 Å². The van der Waals surface area contributed by atoms with Gasteiger partial charge >= 0.3 is 0 Å². The summed E-state index contributed by atoms with van der Waals surface area (Å²) in [5.74, 6) is 0.817. The van der Waals surface area contributed by atoms with Crippen LogP contribution in [-0.2, 0) is 0 Å². The van der Waals surface area contributed by atoms with E-state index >= 15 is 0 Å². The fraction of sp³-hybridized carbons (Fsp3) is 0.167. The van der Waals surface area contributed by atoms with Gasteiger partial charge in [-0.05, 0) is 0 Å². The van der Waals surface area contributed by atoms with Crippen LogP contribution in [0.1, 0.15) is 0 Å². The summed E-state index contributed by atoms with van der Waals surface area (Å²) in [5.41, 5.74) is 10.5. The molecule has 6 heteroatoms. The molecule has 0 aromatic carbocycles. The lowest BCUT2D eigenvalue weighted by Gasteiger charge is -1.96. The van der Waals surface area contributed by atoms with E-state index in [9.17, 15) is 0 Å². The highest BCUT2D eigenvalue weighted by atomic mass is 15.4. The van der Waals surface area contributed by atoms with Crippen molar-refractivity contribution in [3.63, 3.8) is 0 Å². The van der Waals surface area contributed by atoms with Gasteiger partial charge in [0, 0.05) is 19.3 Å². The fourth-order valence-corrected chi connectivity index (χ4v) is 0.735. The molecule has 4 N–H and O–H groups in total. The molecule has 0 saturated heterocycles. The maximum absolute atomic E-state index is 5.40. The highest BCUT2D eigenvalue weighted by Crippen LogP contribution is 1.96. The first-order chi connectivity index (χ1) is 5.77. The predicted octanol–water partition coefficient (Wildman–Crippen LogP) is -0.714. The number of hydrogen-bond donors (Lipinski definition) is 2. The molecule has 0 fully saturated rings. The van der Waals surface area contributed by atoms with Gasteiger partial charge in [-0.15, -0.1) is 5.10 Å². The summed E-state index contributed by atoms with van der Waals surface area (Å²) < 4.78 is 1.44. The minimum atomic E-state index is 0.397. The molecular weight excluding hydrogens is 156 g/mol. The Morgan fingerprint density at radius 3 is 2.92 bits per heavy atom. The summed E-state index contributed by atoms with van der Waals surface area (Å²) in [4.78, 5) is 7.62. The maximum Gasteiger partial charge on any atom is 0.247 e. The molecule has 64 valence electrons. The zero-order valence-electron chi connectivity index (χ0n) is 6.68. The van der Waals surface area contributed by atoms with E-state index in [4.69, 9.17) is 11.5 Å². The molecule has 6 nitrogen and oxygen atoms in total. The Morgan fingerprint density at radius 2 is 2.50 bits per heavy atom. The smallest absolute Gasteiger partial charge is 0.247 e. The van der Waals surface area contributed by atoms with E-state index in [1.54, 1.807) is 19.3 Å². The zero-order chi connectivity index (χ0) is 8.97. The topological polar surface area (TPSA) is 94.6 Å². The number of nitrogens with two attached hydrogens (primary N) is 2. The third kappa shape index (κ3) is 1.60. The van der Waals surface area contributed by atoms with Gasteiger partial charge in [-0.3, -0.25) is 4.99 Å². The van der Waals surface area contributed by atoms with Crippen molar-refractivity contribution in [1.29, 1.82) is 0 Å². The molecule has 1 aromatic heterocycles. The van der Waals surface area contributed by atoms with Gasteiger partial charge in [-0.1, -0.05) is 0 Å². The number of aliphatic imine (C=N–C) groups is 2. The zero-order valence-corrected chi connectivity index (χ0v) is 6.68. The Bertz CT molecular complexity index is 310. The van der Waals surface area contributed by atoms with E-state index in [0.717, 1.165) is 6.34 Å². The van der Waals surface area contributed by atoms with Crippen molar-refractivity contribution in [2.24, 2.45) is 15.7 Å². The maximum atomic E-state index is 5.40. The summed E-state index contributed by atoms with van der Waals surface area (Å²) in [7, 11) is 1.60. The van der Waals surface area contributed by atoms with Gasteiger partial charge in [-0.25, -0.2) is 9.67 Å². The van der Waals surface area contributed by atoms with Crippen LogP contribution in [0.3, 0.4) is 0 Å². The Balaban J connectivity index is 2.96. The van der Waals surface area contributed by atoms with Crippen molar-refractivity contribution in [3.05, 3.63) is 12.3 Å². The summed E-state index contributed by atoms with van der Waals surface area (Å²) in [5, 5.41) is 3.89. The van der Waals surface area contributed by atoms with E-state index in [2.05, 4.69) is 15.1 Å². The van der Waals surface area contributed by atoms with Crippen LogP contribution in [0.25, 0.3) is 0 Å². The molecule has 0 radical (unpaired) electrons. The monoisotopic (exact) mass is 166 g/mol. The Hall–Kier alpha value is -1.85. The van der Waals surface area contributed by atoms with Gasteiger partial charge in [0.05, 0.1) is 6.34 Å². The Kier molecular flexibility index (Phi) is 2.42. The summed E-state index contributed by atoms with van der Waals surface area (Å²) in [6, 6.07) is 1.65. The summed E-state index contributed by atoms with van der Waals surface area (Å²) >= 11 is 0. The summed E-state index contributed by atoms with van der Waals surface area (Å²) in [6.07, 6.45) is 2.81. The van der Waals surface area contributed by atoms with Crippen molar-refractivity contribution >= 4 is 18.1 Å². The third-order valence-electron chi connectivity index (χ3n) is 1.20. The van der Waals surface area contributed by atoms with E-state index in [0.29, 0.717) is 11.8 Å². The molecule has 0 amide bonds. The highest BCUT2D eigenvalue weighted by molar-refractivity contribution is 5.88. The number of aromatic nitrogens is 2. The van der Waals surface area contributed by atoms with Crippen LogP contribution in [0.5, 0.6) is 0 Å². The van der Waals surface area contributed by atoms with Crippen molar-refractivity contribution < 1.29 is 0 Å². The molecule has 0 atom stereocenters. The average molecular weight is 166 g/mol. The van der Waals surface area contributed by atoms with Gasteiger partial charge in [0.1, 0.15) is 5.82 Å². The lowest BCUT2D eigenvalue weighted by molar-refractivity contribution is 0.922. The lowest BCUT2D eigenvalue weighted by atomic mass is 10.7. The molecular formula is C6H10N6. The van der Waals surface area contributed by atoms with E-state index in [1.807, 2.05) is 0 Å². The Labute approximate surface area is 69.6 Å². The summed E-state index contributed by atoms with van der Waals surface area (Å²) in [6.45, 7) is 0. The van der Waals surface area contributed by atoms with Crippen LogP contribution < -0.4 is 11.5 Å². The van der Waals surface area contributed by atoms with E-state index < -0.39 is 0 Å². The van der Waals surface area contributed by atoms with Crippen LogP contribution in [0, 0.1) is 0 Å². The van der Waals surface area contributed by atoms with Gasteiger partial charge in [-0.2, -0.15) is 0 Å². The first-order valence-electron chi connectivity index (χ1n) is 3.30. The van der Waals surface area contributed by atoms with Crippen LogP contribution in [0.4, 0.5) is 5.82 Å². The predicted molar refractivity (Wildman–Crippen MR) is 48.1 cm³/mol. The molecule has 0 bridgehead atoms. The normalized spacial score (nSPS) is 12.6. The molecule has 0 aliphatic carbocycles. The molecule has 0 unspecified atom stereocenters. The molecule has 0 aliphatic heterocycles. The van der Waals surface area contributed by atoms with Crippen molar-refractivity contribution in [2.45, 2.75) is 0 Å². The Morgan fingerprint density at radius 1 is 1.75 bits per heavy atom. The average Bonchev–Trinajstić information content (AvgIpc) is 2.47. The SMILES string of the molecule is CN=C(N=CN)n1ccc(N)n1. The quantitative estimate of drug-likeness (QED) is 0.393. The molecule has 1 heterocycles. The van der Waals surface area contributed by atoms with Crippen LogP contribution in [0.2, 0.25) is 0 Å². The van der Waals surface area contributed by atoms with Crippen LogP contribution >= 0.6 is 0 Å². The number of rotatable bonds is 0. The second-order valence-corrected chi connectivity index (χ2v) is 1.99. The molecule has 0 aliphatic rings. The van der Waals surface area contributed by atoms with E-state index in [-0.39, 0.29) is 0 Å². The minimum Gasteiger partial charge on any atom is -0.390 e. The third-order valence-corrected chi connectivity index (χ3v) is 1.20. The second-order valence-electron chi connectivity index (χ2n) is 1.99. The largest absolute Gasteiger partial charge is 0.390 e. The molecule has 0 spiro atoms. The fourth-order valence-electron chi connectivity index (χ4n) is 0.735.